The third-order valence-electron chi connectivity index (χ3n) is 5.48. The lowest BCUT2D eigenvalue weighted by molar-refractivity contribution is 0.151. The molecule has 0 unspecified atom stereocenters. The molecule has 0 spiro atoms. The van der Waals surface area contributed by atoms with Crippen LogP contribution in [0.5, 0.6) is 5.75 Å². The molecule has 0 amide bonds. The molecule has 140 valence electrons. The van der Waals surface area contributed by atoms with E-state index < -0.39 is 0 Å². The van der Waals surface area contributed by atoms with Gasteiger partial charge >= 0.3 is 0 Å². The number of rotatable bonds is 3. The minimum atomic E-state index is -0.105. The van der Waals surface area contributed by atoms with Gasteiger partial charge in [0.15, 0.2) is 0 Å². The highest BCUT2D eigenvalue weighted by Gasteiger charge is 2.22. The minimum Gasteiger partial charge on any atom is -0.507 e. The van der Waals surface area contributed by atoms with E-state index >= 15 is 0 Å². The fourth-order valence-electron chi connectivity index (χ4n) is 3.82. The summed E-state index contributed by atoms with van der Waals surface area (Å²) in [6, 6.07) is 10.8. The lowest BCUT2D eigenvalue weighted by Gasteiger charge is -2.33. The maximum Gasteiger partial charge on any atom is 0.200 e. The van der Waals surface area contributed by atoms with Crippen molar-refractivity contribution < 1.29 is 9.52 Å². The maximum absolute atomic E-state index is 13.0. The van der Waals surface area contributed by atoms with E-state index in [-0.39, 0.29) is 11.2 Å². The SMILES string of the molecule is C[C@@H]1CCCCN1Cc1c(O)ccc2c(=O)c(-c3ccc(Cl)cc3)coc12. The van der Waals surface area contributed by atoms with Gasteiger partial charge < -0.3 is 9.52 Å². The van der Waals surface area contributed by atoms with Crippen LogP contribution >= 0.6 is 11.6 Å². The molecule has 0 bridgehead atoms. The zero-order chi connectivity index (χ0) is 19.0. The van der Waals surface area contributed by atoms with Crippen LogP contribution in [0.3, 0.4) is 0 Å². The molecule has 3 aromatic rings. The molecule has 1 N–H and O–H groups in total. The molecule has 0 radical (unpaired) electrons. The van der Waals surface area contributed by atoms with Gasteiger partial charge in [0.1, 0.15) is 17.6 Å². The van der Waals surface area contributed by atoms with Crippen LogP contribution in [0.1, 0.15) is 31.7 Å². The normalized spacial score (nSPS) is 18.1. The Morgan fingerprint density at radius 2 is 1.96 bits per heavy atom. The van der Waals surface area contributed by atoms with Crippen LogP contribution in [0.4, 0.5) is 0 Å². The van der Waals surface area contributed by atoms with Crippen LogP contribution in [0.25, 0.3) is 22.1 Å². The summed E-state index contributed by atoms with van der Waals surface area (Å²) in [5, 5.41) is 11.5. The lowest BCUT2D eigenvalue weighted by Crippen LogP contribution is -2.36. The quantitative estimate of drug-likeness (QED) is 0.675. The first kappa shape index (κ1) is 18.1. The molecule has 27 heavy (non-hydrogen) atoms. The Balaban J connectivity index is 1.79. The zero-order valence-electron chi connectivity index (χ0n) is 15.2. The highest BCUT2D eigenvalue weighted by Crippen LogP contribution is 2.31. The largest absolute Gasteiger partial charge is 0.507 e. The highest BCUT2D eigenvalue weighted by molar-refractivity contribution is 6.30. The van der Waals surface area contributed by atoms with E-state index in [4.69, 9.17) is 16.0 Å². The first-order valence-electron chi connectivity index (χ1n) is 9.31. The predicted octanol–water partition coefficient (Wildman–Crippen LogP) is 5.19. The van der Waals surface area contributed by atoms with Crippen LogP contribution < -0.4 is 5.43 Å². The number of hydrogen-bond acceptors (Lipinski definition) is 4. The number of phenolic OH excluding ortho intramolecular Hbond substituents is 1. The third kappa shape index (κ3) is 3.47. The molecular formula is C22H22ClNO3. The molecule has 4 nitrogen and oxygen atoms in total. The molecule has 1 aliphatic rings. The van der Waals surface area contributed by atoms with Gasteiger partial charge in [-0.25, -0.2) is 0 Å². The smallest absolute Gasteiger partial charge is 0.200 e. The molecule has 1 aliphatic heterocycles. The second-order valence-electron chi connectivity index (χ2n) is 7.24. The summed E-state index contributed by atoms with van der Waals surface area (Å²) in [7, 11) is 0. The van der Waals surface area contributed by atoms with Gasteiger partial charge in [0, 0.05) is 17.6 Å². The van der Waals surface area contributed by atoms with Crippen LogP contribution in [0.2, 0.25) is 5.02 Å². The second-order valence-corrected chi connectivity index (χ2v) is 7.68. The number of piperidine rings is 1. The van der Waals surface area contributed by atoms with Gasteiger partial charge in [0.2, 0.25) is 5.43 Å². The van der Waals surface area contributed by atoms with Crippen molar-refractivity contribution in [3.8, 4) is 16.9 Å². The van der Waals surface area contributed by atoms with Gasteiger partial charge in [-0.3, -0.25) is 9.69 Å². The Hall–Kier alpha value is -2.30. The molecular weight excluding hydrogens is 362 g/mol. The molecule has 1 saturated heterocycles. The topological polar surface area (TPSA) is 53.7 Å². The summed E-state index contributed by atoms with van der Waals surface area (Å²) in [5.74, 6) is 0.169. The van der Waals surface area contributed by atoms with Crippen molar-refractivity contribution >= 4 is 22.6 Å². The van der Waals surface area contributed by atoms with Crippen LogP contribution in [0, 0.1) is 0 Å². The van der Waals surface area contributed by atoms with Gasteiger partial charge in [-0.2, -0.15) is 0 Å². The zero-order valence-corrected chi connectivity index (χ0v) is 16.0. The number of aromatic hydroxyl groups is 1. The highest BCUT2D eigenvalue weighted by atomic mass is 35.5. The summed E-state index contributed by atoms with van der Waals surface area (Å²) in [6.45, 7) is 3.77. The van der Waals surface area contributed by atoms with Gasteiger partial charge in [-0.15, -0.1) is 0 Å². The van der Waals surface area contributed by atoms with E-state index in [1.54, 1.807) is 36.4 Å². The summed E-state index contributed by atoms with van der Waals surface area (Å²) in [6.07, 6.45) is 5.02. The number of benzene rings is 2. The van der Waals surface area contributed by atoms with Gasteiger partial charge in [0.05, 0.1) is 16.5 Å². The Bertz CT molecular complexity index is 1030. The summed E-state index contributed by atoms with van der Waals surface area (Å²) in [4.78, 5) is 15.4. The predicted molar refractivity (Wildman–Crippen MR) is 108 cm³/mol. The van der Waals surface area contributed by atoms with E-state index in [0.717, 1.165) is 24.9 Å². The van der Waals surface area contributed by atoms with Crippen molar-refractivity contribution in [1.82, 2.24) is 4.90 Å². The maximum atomic E-state index is 13.0. The third-order valence-corrected chi connectivity index (χ3v) is 5.73. The van der Waals surface area contributed by atoms with Crippen molar-refractivity contribution in [3.05, 3.63) is 63.5 Å². The second kappa shape index (κ2) is 7.37. The molecule has 1 atom stereocenters. The monoisotopic (exact) mass is 383 g/mol. The first-order chi connectivity index (χ1) is 13.0. The van der Waals surface area contributed by atoms with Crippen molar-refractivity contribution in [2.24, 2.45) is 0 Å². The molecule has 1 aromatic heterocycles. The van der Waals surface area contributed by atoms with E-state index in [2.05, 4.69) is 11.8 Å². The van der Waals surface area contributed by atoms with Crippen molar-refractivity contribution in [2.75, 3.05) is 6.54 Å². The van der Waals surface area contributed by atoms with Gasteiger partial charge in [-0.05, 0) is 56.1 Å². The van der Waals surface area contributed by atoms with Crippen molar-refractivity contribution in [2.45, 2.75) is 38.8 Å². The number of likely N-dealkylation sites (tertiary alicyclic amines) is 1. The number of nitrogens with zero attached hydrogens (tertiary/aromatic N) is 1. The molecule has 0 saturated carbocycles. The number of halogens is 1. The molecule has 2 aromatic carbocycles. The van der Waals surface area contributed by atoms with E-state index in [1.165, 1.54) is 12.7 Å². The molecule has 0 aliphatic carbocycles. The number of phenols is 1. The van der Waals surface area contributed by atoms with Crippen LogP contribution in [-0.2, 0) is 6.54 Å². The first-order valence-corrected chi connectivity index (χ1v) is 9.69. The fraction of sp³-hybridized carbons (Fsp3) is 0.318. The Labute approximate surface area is 163 Å². The van der Waals surface area contributed by atoms with E-state index in [0.29, 0.717) is 39.7 Å². The van der Waals surface area contributed by atoms with E-state index in [9.17, 15) is 9.90 Å². The van der Waals surface area contributed by atoms with Crippen molar-refractivity contribution in [1.29, 1.82) is 0 Å². The number of fused-ring (bicyclic) bond motifs is 1. The molecule has 1 fully saturated rings. The fourth-order valence-corrected chi connectivity index (χ4v) is 3.95. The van der Waals surface area contributed by atoms with Crippen LogP contribution in [0.15, 0.2) is 51.9 Å². The molecule has 5 heteroatoms. The molecule has 4 rings (SSSR count). The summed E-state index contributed by atoms with van der Waals surface area (Å²) < 4.78 is 5.88. The average molecular weight is 384 g/mol. The van der Waals surface area contributed by atoms with Gasteiger partial charge in [-0.1, -0.05) is 30.2 Å². The minimum absolute atomic E-state index is 0.105. The average Bonchev–Trinajstić information content (AvgIpc) is 2.67. The Morgan fingerprint density at radius 3 is 2.70 bits per heavy atom. The number of hydrogen-bond donors (Lipinski definition) is 1. The van der Waals surface area contributed by atoms with Gasteiger partial charge in [0.25, 0.3) is 0 Å². The Kier molecular flexibility index (Phi) is 4.94. The molecule has 2 heterocycles. The lowest BCUT2D eigenvalue weighted by atomic mass is 10.0. The Morgan fingerprint density at radius 1 is 1.19 bits per heavy atom. The standard InChI is InChI=1S/C22H22ClNO3/c1-14-4-2-3-11-24(14)12-18-20(25)10-9-17-21(26)19(13-27-22(17)18)15-5-7-16(23)8-6-15/h5-10,13-14,25H,2-4,11-12H2,1H3/t14-/m1/s1. The van der Waals surface area contributed by atoms with E-state index in [1.807, 2.05) is 0 Å². The van der Waals surface area contributed by atoms with Crippen LogP contribution in [-0.4, -0.2) is 22.6 Å². The summed E-state index contributed by atoms with van der Waals surface area (Å²) in [5.41, 5.74) is 2.29. The summed E-state index contributed by atoms with van der Waals surface area (Å²) >= 11 is 5.94. The van der Waals surface area contributed by atoms with Crippen molar-refractivity contribution in [3.63, 3.8) is 0 Å².